The molecule has 1 atom stereocenters. The van der Waals surface area contributed by atoms with Gasteiger partial charge in [0.15, 0.2) is 0 Å². The van der Waals surface area contributed by atoms with Crippen molar-refractivity contribution in [1.29, 1.82) is 0 Å². The summed E-state index contributed by atoms with van der Waals surface area (Å²) < 4.78 is 0. The van der Waals surface area contributed by atoms with Crippen molar-refractivity contribution in [3.05, 3.63) is 72.1 Å². The van der Waals surface area contributed by atoms with Crippen LogP contribution in [0.2, 0.25) is 0 Å². The highest BCUT2D eigenvalue weighted by Crippen LogP contribution is 2.20. The van der Waals surface area contributed by atoms with Crippen LogP contribution in [0.15, 0.2) is 60.9 Å². The van der Waals surface area contributed by atoms with Crippen LogP contribution in [-0.4, -0.2) is 38.8 Å². The maximum absolute atomic E-state index is 12.6. The van der Waals surface area contributed by atoms with Crippen LogP contribution >= 0.6 is 0 Å². The molecular weight excluding hydrogens is 358 g/mol. The minimum atomic E-state index is -1.22. The van der Waals surface area contributed by atoms with Gasteiger partial charge in [0.05, 0.1) is 5.56 Å². The lowest BCUT2D eigenvalue weighted by Crippen LogP contribution is -2.45. The third-order valence-corrected chi connectivity index (χ3v) is 4.74. The summed E-state index contributed by atoms with van der Waals surface area (Å²) in [4.78, 5) is 42.7. The van der Waals surface area contributed by atoms with E-state index in [2.05, 4.69) is 15.3 Å². The predicted molar refractivity (Wildman–Crippen MR) is 104 cm³/mol. The van der Waals surface area contributed by atoms with Gasteiger partial charge in [-0.3, -0.25) is 9.59 Å². The van der Waals surface area contributed by atoms with Crippen molar-refractivity contribution in [1.82, 2.24) is 15.3 Å². The average molecular weight is 375 g/mol. The first-order chi connectivity index (χ1) is 13.5. The molecule has 4 aromatic rings. The van der Waals surface area contributed by atoms with Gasteiger partial charge >= 0.3 is 5.97 Å². The van der Waals surface area contributed by atoms with E-state index in [0.717, 1.165) is 22.0 Å². The third-order valence-electron chi connectivity index (χ3n) is 4.74. The summed E-state index contributed by atoms with van der Waals surface area (Å²) in [5, 5.41) is 13.4. The van der Waals surface area contributed by atoms with Crippen LogP contribution in [0.4, 0.5) is 0 Å². The van der Waals surface area contributed by atoms with E-state index in [9.17, 15) is 19.5 Å². The lowest BCUT2D eigenvalue weighted by Gasteiger charge is -2.13. The van der Waals surface area contributed by atoms with Gasteiger partial charge in [0.25, 0.3) is 11.7 Å². The molecular formula is C21H17N3O4. The molecule has 0 spiro atoms. The molecule has 4 N–H and O–H groups in total. The Morgan fingerprint density at radius 1 is 0.893 bits per heavy atom. The van der Waals surface area contributed by atoms with Crippen molar-refractivity contribution in [2.24, 2.45) is 0 Å². The first-order valence-corrected chi connectivity index (χ1v) is 8.73. The Morgan fingerprint density at radius 2 is 1.50 bits per heavy atom. The second-order valence-corrected chi connectivity index (χ2v) is 6.50. The zero-order valence-corrected chi connectivity index (χ0v) is 14.7. The maximum atomic E-state index is 12.6. The van der Waals surface area contributed by atoms with Crippen LogP contribution in [0.1, 0.15) is 15.9 Å². The first kappa shape index (κ1) is 17.5. The fourth-order valence-corrected chi connectivity index (χ4v) is 3.33. The van der Waals surface area contributed by atoms with E-state index in [1.165, 1.54) is 6.20 Å². The number of hydrogen-bond donors (Lipinski definition) is 4. The molecule has 2 heterocycles. The minimum absolute atomic E-state index is 0.0618. The summed E-state index contributed by atoms with van der Waals surface area (Å²) in [6, 6.07) is 13.4. The molecule has 0 radical (unpaired) electrons. The van der Waals surface area contributed by atoms with E-state index >= 15 is 0 Å². The number of carbonyl (C=O) groups excluding carboxylic acids is 2. The number of fused-ring (bicyclic) bond motifs is 2. The van der Waals surface area contributed by atoms with Crippen molar-refractivity contribution in [2.75, 3.05) is 0 Å². The molecule has 4 rings (SSSR count). The summed E-state index contributed by atoms with van der Waals surface area (Å²) in [5.74, 6) is -2.93. The standard InChI is InChI=1S/C21H17N3O4/c25-19(15-11-23-17-8-4-2-6-14(15)17)20(26)24-18(21(27)28)9-12-10-22-16-7-3-1-5-13(12)16/h1-8,10-11,18,22-23H,9H2,(H,24,26)(H,27,28)/t18-/m0/s1. The fourth-order valence-electron chi connectivity index (χ4n) is 3.33. The van der Waals surface area contributed by atoms with Crippen LogP contribution in [0.5, 0.6) is 0 Å². The van der Waals surface area contributed by atoms with Crippen LogP contribution < -0.4 is 5.32 Å². The number of ketones is 1. The summed E-state index contributed by atoms with van der Waals surface area (Å²) >= 11 is 0. The van der Waals surface area contributed by atoms with Gasteiger partial charge in [0.1, 0.15) is 6.04 Å². The monoisotopic (exact) mass is 375 g/mol. The summed E-state index contributed by atoms with van der Waals surface area (Å²) in [7, 11) is 0. The quantitative estimate of drug-likeness (QED) is 0.306. The number of aromatic amines is 2. The van der Waals surface area contributed by atoms with Gasteiger partial charge in [-0.1, -0.05) is 36.4 Å². The topological polar surface area (TPSA) is 115 Å². The van der Waals surface area contributed by atoms with Crippen molar-refractivity contribution < 1.29 is 19.5 Å². The van der Waals surface area contributed by atoms with Crippen molar-refractivity contribution >= 4 is 39.5 Å². The predicted octanol–water partition coefficient (Wildman–Crippen LogP) is 2.64. The van der Waals surface area contributed by atoms with Crippen LogP contribution in [0.3, 0.4) is 0 Å². The Hall–Kier alpha value is -3.87. The van der Waals surface area contributed by atoms with Crippen LogP contribution in [0, 0.1) is 0 Å². The smallest absolute Gasteiger partial charge is 0.326 e. The Morgan fingerprint density at radius 3 is 2.21 bits per heavy atom. The number of carbonyl (C=O) groups is 3. The second kappa shape index (κ2) is 7.03. The van der Waals surface area contributed by atoms with E-state index in [0.29, 0.717) is 5.39 Å². The molecule has 0 aliphatic carbocycles. The molecule has 0 saturated heterocycles. The zero-order valence-electron chi connectivity index (χ0n) is 14.7. The highest BCUT2D eigenvalue weighted by Gasteiger charge is 2.27. The maximum Gasteiger partial charge on any atom is 0.326 e. The minimum Gasteiger partial charge on any atom is -0.480 e. The molecule has 0 aliphatic heterocycles. The van der Waals surface area contributed by atoms with Crippen molar-refractivity contribution in [3.8, 4) is 0 Å². The van der Waals surface area contributed by atoms with Gasteiger partial charge in [-0.2, -0.15) is 0 Å². The molecule has 7 nitrogen and oxygen atoms in total. The van der Waals surface area contributed by atoms with Crippen LogP contribution in [0.25, 0.3) is 21.8 Å². The van der Waals surface area contributed by atoms with Gasteiger partial charge in [-0.25, -0.2) is 4.79 Å². The van der Waals surface area contributed by atoms with E-state index in [1.54, 1.807) is 24.4 Å². The molecule has 2 aromatic heterocycles. The number of rotatable bonds is 6. The number of amides is 1. The molecule has 0 saturated carbocycles. The fraction of sp³-hybridized carbons (Fsp3) is 0.0952. The molecule has 1 amide bonds. The SMILES string of the molecule is O=C(N[C@@H](Cc1c[nH]c2ccccc12)C(=O)O)C(=O)c1c[nH]c2ccccc12. The third kappa shape index (κ3) is 3.14. The largest absolute Gasteiger partial charge is 0.480 e. The van der Waals surface area contributed by atoms with Crippen LogP contribution in [-0.2, 0) is 16.0 Å². The lowest BCUT2D eigenvalue weighted by molar-refractivity contribution is -0.141. The van der Waals surface area contributed by atoms with Crippen molar-refractivity contribution in [2.45, 2.75) is 12.5 Å². The van der Waals surface area contributed by atoms with Crippen molar-refractivity contribution in [3.63, 3.8) is 0 Å². The molecule has 0 fully saturated rings. The number of para-hydroxylation sites is 2. The second-order valence-electron chi connectivity index (χ2n) is 6.50. The van der Waals surface area contributed by atoms with E-state index in [-0.39, 0.29) is 12.0 Å². The van der Waals surface area contributed by atoms with Gasteiger partial charge < -0.3 is 20.4 Å². The Bertz CT molecular complexity index is 1200. The summed E-state index contributed by atoms with van der Waals surface area (Å²) in [6.45, 7) is 0. The van der Waals surface area contributed by atoms with Gasteiger partial charge in [-0.15, -0.1) is 0 Å². The number of carboxylic acid groups (broad SMARTS) is 1. The normalized spacial score (nSPS) is 12.1. The highest BCUT2D eigenvalue weighted by molar-refractivity contribution is 6.45. The molecule has 140 valence electrons. The lowest BCUT2D eigenvalue weighted by atomic mass is 10.0. The molecule has 7 heteroatoms. The highest BCUT2D eigenvalue weighted by atomic mass is 16.4. The summed E-state index contributed by atoms with van der Waals surface area (Å²) in [5.41, 5.74) is 2.57. The Kier molecular flexibility index (Phi) is 4.41. The molecule has 0 aliphatic rings. The number of Topliss-reactive ketones (excluding diaryl/α,β-unsaturated/α-hetero) is 1. The number of aliphatic carboxylic acids is 1. The average Bonchev–Trinajstić information content (AvgIpc) is 3.31. The van der Waals surface area contributed by atoms with Gasteiger partial charge in [0.2, 0.25) is 0 Å². The number of hydrogen-bond acceptors (Lipinski definition) is 3. The number of carboxylic acids is 1. The first-order valence-electron chi connectivity index (χ1n) is 8.73. The Labute approximate surface area is 159 Å². The Balaban J connectivity index is 1.55. The number of benzene rings is 2. The van der Waals surface area contributed by atoms with E-state index in [1.807, 2.05) is 30.3 Å². The van der Waals surface area contributed by atoms with Gasteiger partial charge in [0, 0.05) is 40.6 Å². The molecule has 28 heavy (non-hydrogen) atoms. The molecule has 2 aromatic carbocycles. The number of H-pyrrole nitrogens is 2. The van der Waals surface area contributed by atoms with E-state index in [4.69, 9.17) is 0 Å². The molecule has 0 bridgehead atoms. The van der Waals surface area contributed by atoms with Gasteiger partial charge in [-0.05, 0) is 17.7 Å². The number of nitrogens with one attached hydrogen (secondary N) is 3. The molecule has 0 unspecified atom stereocenters. The summed E-state index contributed by atoms with van der Waals surface area (Å²) in [6.07, 6.45) is 3.24. The zero-order chi connectivity index (χ0) is 19.7. The number of aromatic nitrogens is 2. The van der Waals surface area contributed by atoms with E-state index < -0.39 is 23.7 Å².